The van der Waals surface area contributed by atoms with E-state index >= 15 is 0 Å². The Morgan fingerprint density at radius 3 is 2.75 bits per heavy atom. The minimum atomic E-state index is 0.462. The molecule has 3 unspecified atom stereocenters. The van der Waals surface area contributed by atoms with E-state index in [0.717, 1.165) is 19.1 Å². The van der Waals surface area contributed by atoms with Crippen LogP contribution >= 0.6 is 0 Å². The number of likely N-dealkylation sites (tertiary alicyclic amines) is 1. The highest BCUT2D eigenvalue weighted by Gasteiger charge is 2.22. The summed E-state index contributed by atoms with van der Waals surface area (Å²) in [7, 11) is 2.25. The van der Waals surface area contributed by atoms with Crippen LogP contribution in [0.5, 0.6) is 0 Å². The van der Waals surface area contributed by atoms with Crippen molar-refractivity contribution in [1.82, 2.24) is 10.2 Å². The van der Waals surface area contributed by atoms with Gasteiger partial charge >= 0.3 is 0 Å². The predicted molar refractivity (Wildman–Crippen MR) is 66.7 cm³/mol. The van der Waals surface area contributed by atoms with Gasteiger partial charge in [-0.25, -0.2) is 0 Å². The Balaban J connectivity index is 1.60. The first-order valence-electron chi connectivity index (χ1n) is 6.82. The summed E-state index contributed by atoms with van der Waals surface area (Å²) >= 11 is 0. The molecule has 3 nitrogen and oxygen atoms in total. The molecular weight excluding hydrogens is 200 g/mol. The second-order valence-electron chi connectivity index (χ2n) is 5.43. The van der Waals surface area contributed by atoms with Crippen LogP contribution < -0.4 is 5.32 Å². The Morgan fingerprint density at radius 2 is 2.06 bits per heavy atom. The molecule has 0 aromatic heterocycles. The van der Waals surface area contributed by atoms with Gasteiger partial charge < -0.3 is 15.0 Å². The number of nitrogens with one attached hydrogen (secondary N) is 1. The maximum atomic E-state index is 5.80. The zero-order valence-corrected chi connectivity index (χ0v) is 10.7. The van der Waals surface area contributed by atoms with Gasteiger partial charge in [0.1, 0.15) is 0 Å². The van der Waals surface area contributed by atoms with Gasteiger partial charge in [0.25, 0.3) is 0 Å². The monoisotopic (exact) mass is 226 g/mol. The first kappa shape index (κ1) is 12.3. The van der Waals surface area contributed by atoms with Crippen molar-refractivity contribution >= 4 is 0 Å². The second-order valence-corrected chi connectivity index (χ2v) is 5.43. The van der Waals surface area contributed by atoms with Crippen molar-refractivity contribution in [2.45, 2.75) is 57.3 Å². The second kappa shape index (κ2) is 5.99. The fourth-order valence-corrected chi connectivity index (χ4v) is 2.85. The molecule has 2 aliphatic rings. The van der Waals surface area contributed by atoms with Gasteiger partial charge in [-0.3, -0.25) is 0 Å². The van der Waals surface area contributed by atoms with Crippen LogP contribution in [0.15, 0.2) is 0 Å². The highest BCUT2D eigenvalue weighted by atomic mass is 16.5. The molecule has 2 fully saturated rings. The predicted octanol–water partition coefficient (Wildman–Crippen LogP) is 1.63. The third-order valence-corrected chi connectivity index (χ3v) is 3.99. The van der Waals surface area contributed by atoms with Crippen molar-refractivity contribution in [2.75, 3.05) is 26.7 Å². The number of rotatable bonds is 4. The van der Waals surface area contributed by atoms with Gasteiger partial charge in [0.2, 0.25) is 0 Å². The molecule has 1 N–H and O–H groups in total. The Kier molecular flexibility index (Phi) is 4.62. The molecular formula is C13H26N2O. The van der Waals surface area contributed by atoms with Gasteiger partial charge in [-0.2, -0.15) is 0 Å². The average Bonchev–Trinajstić information content (AvgIpc) is 2.67. The molecule has 2 rings (SSSR count). The van der Waals surface area contributed by atoms with Gasteiger partial charge in [0.05, 0.1) is 12.2 Å². The maximum absolute atomic E-state index is 5.80. The van der Waals surface area contributed by atoms with Gasteiger partial charge in [-0.05, 0) is 46.2 Å². The van der Waals surface area contributed by atoms with Crippen molar-refractivity contribution in [2.24, 2.45) is 0 Å². The number of nitrogens with zero attached hydrogens (tertiary/aromatic N) is 1. The molecule has 0 spiro atoms. The normalized spacial score (nSPS) is 36.8. The van der Waals surface area contributed by atoms with Gasteiger partial charge in [-0.1, -0.05) is 6.42 Å². The molecule has 16 heavy (non-hydrogen) atoms. The van der Waals surface area contributed by atoms with Crippen LogP contribution in [-0.2, 0) is 4.74 Å². The Hall–Kier alpha value is -0.120. The lowest BCUT2D eigenvalue weighted by Gasteiger charge is -2.32. The smallest absolute Gasteiger partial charge is 0.0704 e. The van der Waals surface area contributed by atoms with Crippen molar-refractivity contribution in [3.05, 3.63) is 0 Å². The lowest BCUT2D eigenvalue weighted by Crippen LogP contribution is -2.44. The topological polar surface area (TPSA) is 24.5 Å². The highest BCUT2D eigenvalue weighted by Crippen LogP contribution is 2.18. The van der Waals surface area contributed by atoms with Crippen LogP contribution in [0.3, 0.4) is 0 Å². The molecule has 0 saturated carbocycles. The number of hydrogen-bond donors (Lipinski definition) is 1. The SMILES string of the molecule is CC1CCC(CNCC2CCCCN2C)O1. The third kappa shape index (κ3) is 3.44. The summed E-state index contributed by atoms with van der Waals surface area (Å²) in [6, 6.07) is 0.743. The number of ether oxygens (including phenoxy) is 1. The van der Waals surface area contributed by atoms with E-state index in [2.05, 4.69) is 24.2 Å². The van der Waals surface area contributed by atoms with Crippen LogP contribution in [-0.4, -0.2) is 49.8 Å². The molecule has 0 aromatic rings. The van der Waals surface area contributed by atoms with Crippen LogP contribution in [0.2, 0.25) is 0 Å². The lowest BCUT2D eigenvalue weighted by molar-refractivity contribution is 0.0543. The molecule has 0 radical (unpaired) electrons. The minimum absolute atomic E-state index is 0.462. The fourth-order valence-electron chi connectivity index (χ4n) is 2.85. The molecule has 0 amide bonds. The summed E-state index contributed by atoms with van der Waals surface area (Å²) in [5.41, 5.74) is 0. The molecule has 0 bridgehead atoms. The highest BCUT2D eigenvalue weighted by molar-refractivity contribution is 4.78. The number of piperidine rings is 1. The first-order chi connectivity index (χ1) is 7.75. The van der Waals surface area contributed by atoms with E-state index < -0.39 is 0 Å². The van der Waals surface area contributed by atoms with E-state index in [4.69, 9.17) is 4.74 Å². The summed E-state index contributed by atoms with van der Waals surface area (Å²) in [6.07, 6.45) is 7.52. The van der Waals surface area contributed by atoms with Gasteiger partial charge in [-0.15, -0.1) is 0 Å². The molecule has 94 valence electrons. The molecule has 3 heteroatoms. The summed E-state index contributed by atoms with van der Waals surface area (Å²) in [6.45, 7) is 5.61. The summed E-state index contributed by atoms with van der Waals surface area (Å²) in [5, 5.41) is 3.58. The maximum Gasteiger partial charge on any atom is 0.0704 e. The largest absolute Gasteiger partial charge is 0.374 e. The standard InChI is InChI=1S/C13H26N2O/c1-11-6-7-13(16-11)10-14-9-12-5-3-4-8-15(12)2/h11-14H,3-10H2,1-2H3. The van der Waals surface area contributed by atoms with Crippen LogP contribution in [0.1, 0.15) is 39.0 Å². The van der Waals surface area contributed by atoms with Crippen molar-refractivity contribution in [1.29, 1.82) is 0 Å². The van der Waals surface area contributed by atoms with Crippen molar-refractivity contribution in [3.63, 3.8) is 0 Å². The molecule has 3 atom stereocenters. The molecule has 2 heterocycles. The average molecular weight is 226 g/mol. The Bertz CT molecular complexity index is 210. The van der Waals surface area contributed by atoms with Gasteiger partial charge in [0, 0.05) is 19.1 Å². The molecule has 2 aliphatic heterocycles. The zero-order chi connectivity index (χ0) is 11.4. The summed E-state index contributed by atoms with van der Waals surface area (Å²) in [5.74, 6) is 0. The summed E-state index contributed by atoms with van der Waals surface area (Å²) < 4.78 is 5.80. The molecule has 0 aromatic carbocycles. The van der Waals surface area contributed by atoms with E-state index in [1.807, 2.05) is 0 Å². The quantitative estimate of drug-likeness (QED) is 0.788. The van der Waals surface area contributed by atoms with E-state index in [1.54, 1.807) is 0 Å². The summed E-state index contributed by atoms with van der Waals surface area (Å²) in [4.78, 5) is 2.49. The van der Waals surface area contributed by atoms with E-state index in [-0.39, 0.29) is 0 Å². The van der Waals surface area contributed by atoms with Crippen LogP contribution in [0.4, 0.5) is 0 Å². The van der Waals surface area contributed by atoms with E-state index in [0.29, 0.717) is 12.2 Å². The van der Waals surface area contributed by atoms with Gasteiger partial charge in [0.15, 0.2) is 0 Å². The van der Waals surface area contributed by atoms with Crippen molar-refractivity contribution in [3.8, 4) is 0 Å². The van der Waals surface area contributed by atoms with Crippen molar-refractivity contribution < 1.29 is 4.74 Å². The van der Waals surface area contributed by atoms with E-state index in [1.165, 1.54) is 38.6 Å². The Labute approximate surface area is 99.5 Å². The molecule has 2 saturated heterocycles. The Morgan fingerprint density at radius 1 is 1.19 bits per heavy atom. The van der Waals surface area contributed by atoms with E-state index in [9.17, 15) is 0 Å². The zero-order valence-electron chi connectivity index (χ0n) is 10.7. The number of hydrogen-bond acceptors (Lipinski definition) is 3. The minimum Gasteiger partial charge on any atom is -0.374 e. The third-order valence-electron chi connectivity index (χ3n) is 3.99. The van der Waals surface area contributed by atoms with Crippen LogP contribution in [0, 0.1) is 0 Å². The number of likely N-dealkylation sites (N-methyl/N-ethyl adjacent to an activating group) is 1. The molecule has 0 aliphatic carbocycles. The first-order valence-corrected chi connectivity index (χ1v) is 6.82. The lowest BCUT2D eigenvalue weighted by atomic mass is 10.0. The fraction of sp³-hybridized carbons (Fsp3) is 1.00. The van der Waals surface area contributed by atoms with Crippen LogP contribution in [0.25, 0.3) is 0 Å².